The average Bonchev–Trinajstić information content (AvgIpc) is 2.87. The molecular formula is C28H30N4O2S. The third kappa shape index (κ3) is 5.52. The maximum atomic E-state index is 12.9. The second-order valence-electron chi connectivity index (χ2n) is 9.14. The predicted molar refractivity (Wildman–Crippen MR) is 141 cm³/mol. The molecule has 0 bridgehead atoms. The molecule has 0 unspecified atom stereocenters. The van der Waals surface area contributed by atoms with Crippen molar-refractivity contribution in [2.45, 2.75) is 35.6 Å². The van der Waals surface area contributed by atoms with E-state index in [0.29, 0.717) is 13.0 Å². The molecule has 0 atom stereocenters. The van der Waals surface area contributed by atoms with Crippen molar-refractivity contribution in [2.75, 3.05) is 29.9 Å². The quantitative estimate of drug-likeness (QED) is 0.491. The molecule has 180 valence electrons. The van der Waals surface area contributed by atoms with Crippen LogP contribution in [0.15, 0.2) is 82.6 Å². The van der Waals surface area contributed by atoms with E-state index in [1.807, 2.05) is 30.3 Å². The lowest BCUT2D eigenvalue weighted by molar-refractivity contribution is -0.123. The molecule has 5 rings (SSSR count). The highest BCUT2D eigenvalue weighted by atomic mass is 32.2. The van der Waals surface area contributed by atoms with E-state index < -0.39 is 0 Å². The molecule has 0 radical (unpaired) electrons. The Morgan fingerprint density at radius 2 is 1.57 bits per heavy atom. The Hall–Kier alpha value is -3.29. The first-order valence-corrected chi connectivity index (χ1v) is 12.9. The SMILES string of the molecule is NC(=O)C1CCN(Cc2cccc(NC(=O)CCN3c4ccccc4Sc4ccccc43)c2)CC1. The van der Waals surface area contributed by atoms with Gasteiger partial charge in [-0.15, -0.1) is 0 Å². The monoisotopic (exact) mass is 486 g/mol. The fourth-order valence-corrected chi connectivity index (χ4v) is 5.94. The predicted octanol–water partition coefficient (Wildman–Crippen LogP) is 5.02. The number of fused-ring (bicyclic) bond motifs is 2. The first-order valence-electron chi connectivity index (χ1n) is 12.1. The summed E-state index contributed by atoms with van der Waals surface area (Å²) < 4.78 is 0. The second-order valence-corrected chi connectivity index (χ2v) is 10.2. The van der Waals surface area contributed by atoms with Crippen molar-refractivity contribution < 1.29 is 9.59 Å². The van der Waals surface area contributed by atoms with Gasteiger partial charge in [-0.25, -0.2) is 0 Å². The molecule has 6 nitrogen and oxygen atoms in total. The summed E-state index contributed by atoms with van der Waals surface area (Å²) in [7, 11) is 0. The van der Waals surface area contributed by atoms with Gasteiger partial charge in [0.05, 0.1) is 11.4 Å². The maximum absolute atomic E-state index is 12.9. The van der Waals surface area contributed by atoms with E-state index in [4.69, 9.17) is 5.73 Å². The van der Waals surface area contributed by atoms with Crippen molar-refractivity contribution >= 4 is 40.6 Å². The third-order valence-electron chi connectivity index (χ3n) is 6.70. The van der Waals surface area contributed by atoms with Crippen LogP contribution in [0.4, 0.5) is 17.1 Å². The molecule has 2 aliphatic heterocycles. The second kappa shape index (κ2) is 10.5. The standard InChI is InChI=1S/C28H30N4O2S/c29-28(34)21-12-15-31(16-13-21)19-20-6-5-7-22(18-20)30-27(33)14-17-32-23-8-1-3-10-25(23)35-26-11-4-2-9-24(26)32/h1-11,18,21H,12-17,19H2,(H2,29,34)(H,30,33). The number of piperidine rings is 1. The Morgan fingerprint density at radius 3 is 2.23 bits per heavy atom. The lowest BCUT2D eigenvalue weighted by atomic mass is 9.96. The average molecular weight is 487 g/mol. The minimum atomic E-state index is -0.190. The molecular weight excluding hydrogens is 456 g/mol. The number of para-hydroxylation sites is 2. The van der Waals surface area contributed by atoms with Crippen LogP contribution < -0.4 is 16.0 Å². The number of likely N-dealkylation sites (tertiary alicyclic amines) is 1. The van der Waals surface area contributed by atoms with Crippen LogP contribution in [0, 0.1) is 5.92 Å². The van der Waals surface area contributed by atoms with E-state index in [-0.39, 0.29) is 17.7 Å². The van der Waals surface area contributed by atoms with Gasteiger partial charge < -0.3 is 16.0 Å². The van der Waals surface area contributed by atoms with Crippen LogP contribution in [-0.4, -0.2) is 36.3 Å². The minimum Gasteiger partial charge on any atom is -0.369 e. The molecule has 2 amide bonds. The maximum Gasteiger partial charge on any atom is 0.226 e. The van der Waals surface area contributed by atoms with Gasteiger partial charge in [-0.2, -0.15) is 0 Å². The van der Waals surface area contributed by atoms with Gasteiger partial charge in [0, 0.05) is 40.9 Å². The van der Waals surface area contributed by atoms with Crippen LogP contribution in [-0.2, 0) is 16.1 Å². The van der Waals surface area contributed by atoms with E-state index in [1.165, 1.54) is 9.79 Å². The summed E-state index contributed by atoms with van der Waals surface area (Å²) in [5.41, 5.74) is 9.70. The number of amides is 2. The number of carbonyl (C=O) groups excluding carboxylic acids is 2. The number of nitrogens with two attached hydrogens (primary N) is 1. The summed E-state index contributed by atoms with van der Waals surface area (Å²) in [6, 6.07) is 24.7. The number of hydrogen-bond donors (Lipinski definition) is 2. The zero-order valence-electron chi connectivity index (χ0n) is 19.7. The van der Waals surface area contributed by atoms with Crippen LogP contribution in [0.25, 0.3) is 0 Å². The number of rotatable bonds is 7. The third-order valence-corrected chi connectivity index (χ3v) is 7.83. The number of benzene rings is 3. The van der Waals surface area contributed by atoms with Crippen molar-refractivity contribution in [1.82, 2.24) is 4.90 Å². The summed E-state index contributed by atoms with van der Waals surface area (Å²) in [6.07, 6.45) is 2.01. The van der Waals surface area contributed by atoms with Crippen LogP contribution in [0.1, 0.15) is 24.8 Å². The number of anilines is 3. The molecule has 35 heavy (non-hydrogen) atoms. The first kappa shape index (κ1) is 23.5. The van der Waals surface area contributed by atoms with Gasteiger partial charge >= 0.3 is 0 Å². The lowest BCUT2D eigenvalue weighted by Crippen LogP contribution is -2.38. The Labute approximate surface area is 210 Å². The van der Waals surface area contributed by atoms with Crippen LogP contribution in [0.3, 0.4) is 0 Å². The topological polar surface area (TPSA) is 78.7 Å². The summed E-state index contributed by atoms with van der Waals surface area (Å²) in [5, 5.41) is 3.08. The minimum absolute atomic E-state index is 0.00221. The summed E-state index contributed by atoms with van der Waals surface area (Å²) in [4.78, 5) is 31.3. The molecule has 0 aliphatic carbocycles. The van der Waals surface area contributed by atoms with E-state index >= 15 is 0 Å². The number of hydrogen-bond acceptors (Lipinski definition) is 5. The van der Waals surface area contributed by atoms with Gasteiger partial charge in [0.2, 0.25) is 11.8 Å². The first-order chi connectivity index (χ1) is 17.1. The smallest absolute Gasteiger partial charge is 0.226 e. The summed E-state index contributed by atoms with van der Waals surface area (Å²) in [5.74, 6) is -0.198. The highest BCUT2D eigenvalue weighted by Crippen LogP contribution is 2.47. The van der Waals surface area contributed by atoms with Gasteiger partial charge in [-0.05, 0) is 67.9 Å². The van der Waals surface area contributed by atoms with Crippen molar-refractivity contribution in [3.8, 4) is 0 Å². The van der Waals surface area contributed by atoms with Crippen molar-refractivity contribution in [3.63, 3.8) is 0 Å². The van der Waals surface area contributed by atoms with Gasteiger partial charge in [0.25, 0.3) is 0 Å². The molecule has 0 spiro atoms. The van der Waals surface area contributed by atoms with Crippen molar-refractivity contribution in [3.05, 3.63) is 78.4 Å². The molecule has 3 aromatic rings. The van der Waals surface area contributed by atoms with E-state index in [1.54, 1.807) is 11.8 Å². The Morgan fingerprint density at radius 1 is 0.914 bits per heavy atom. The van der Waals surface area contributed by atoms with Gasteiger partial charge in [-0.3, -0.25) is 14.5 Å². The molecule has 1 fully saturated rings. The lowest BCUT2D eigenvalue weighted by Gasteiger charge is -2.32. The van der Waals surface area contributed by atoms with Crippen molar-refractivity contribution in [2.24, 2.45) is 11.7 Å². The van der Waals surface area contributed by atoms with Crippen LogP contribution in [0.2, 0.25) is 0 Å². The number of nitrogens with zero attached hydrogens (tertiary/aromatic N) is 2. The van der Waals surface area contributed by atoms with E-state index in [9.17, 15) is 9.59 Å². The number of carbonyl (C=O) groups is 2. The summed E-state index contributed by atoms with van der Waals surface area (Å²) in [6.45, 7) is 3.13. The van der Waals surface area contributed by atoms with Gasteiger partial charge in [0.15, 0.2) is 0 Å². The molecule has 0 saturated carbocycles. The van der Waals surface area contributed by atoms with E-state index in [2.05, 4.69) is 57.6 Å². The number of nitrogens with one attached hydrogen (secondary N) is 1. The molecule has 0 aromatic heterocycles. The van der Waals surface area contributed by atoms with E-state index in [0.717, 1.165) is 55.1 Å². The number of primary amides is 1. The molecule has 3 N–H and O–H groups in total. The molecule has 2 aliphatic rings. The zero-order valence-corrected chi connectivity index (χ0v) is 20.5. The fraction of sp³-hybridized carbons (Fsp3) is 0.286. The highest BCUT2D eigenvalue weighted by Gasteiger charge is 2.24. The highest BCUT2D eigenvalue weighted by molar-refractivity contribution is 7.99. The Balaban J connectivity index is 1.19. The molecule has 3 aromatic carbocycles. The normalized spacial score (nSPS) is 15.8. The molecule has 1 saturated heterocycles. The summed E-state index contributed by atoms with van der Waals surface area (Å²) >= 11 is 1.77. The molecule has 7 heteroatoms. The van der Waals surface area contributed by atoms with Crippen LogP contribution >= 0.6 is 11.8 Å². The Bertz CT molecular complexity index is 1180. The molecule has 2 heterocycles. The van der Waals surface area contributed by atoms with Crippen molar-refractivity contribution in [1.29, 1.82) is 0 Å². The van der Waals surface area contributed by atoms with Gasteiger partial charge in [0.1, 0.15) is 0 Å². The zero-order chi connectivity index (χ0) is 24.2. The van der Waals surface area contributed by atoms with Crippen LogP contribution in [0.5, 0.6) is 0 Å². The fourth-order valence-electron chi connectivity index (χ4n) is 4.84. The Kier molecular flexibility index (Phi) is 7.06. The van der Waals surface area contributed by atoms with Gasteiger partial charge in [-0.1, -0.05) is 48.2 Å². The largest absolute Gasteiger partial charge is 0.369 e.